The standard InChI is InChI=1S/C19H21NO5/c1-13(21)24-12-15-6-5-9-18(25-15)20-11-14(10-19(22)23-2)16-7-3-4-8-17(16)20/h3-8,11,15,18H,9-10,12H2,1-2H3/t15-,18-/m1/s1. The first-order valence-corrected chi connectivity index (χ1v) is 8.19. The lowest BCUT2D eigenvalue weighted by atomic mass is 10.1. The molecule has 0 saturated carbocycles. The van der Waals surface area contributed by atoms with Crippen LogP contribution in [0.1, 0.15) is 25.1 Å². The van der Waals surface area contributed by atoms with E-state index in [2.05, 4.69) is 0 Å². The number of hydrogen-bond acceptors (Lipinski definition) is 5. The number of carbonyl (C=O) groups excluding carboxylic acids is 2. The Morgan fingerprint density at radius 2 is 2.12 bits per heavy atom. The fourth-order valence-electron chi connectivity index (χ4n) is 3.01. The highest BCUT2D eigenvalue weighted by molar-refractivity contribution is 5.88. The quantitative estimate of drug-likeness (QED) is 0.617. The van der Waals surface area contributed by atoms with Gasteiger partial charge in [-0.3, -0.25) is 9.59 Å². The van der Waals surface area contributed by atoms with E-state index in [-0.39, 0.29) is 37.3 Å². The van der Waals surface area contributed by atoms with Crippen LogP contribution in [-0.4, -0.2) is 36.3 Å². The van der Waals surface area contributed by atoms with Gasteiger partial charge in [-0.05, 0) is 11.6 Å². The van der Waals surface area contributed by atoms with Gasteiger partial charge >= 0.3 is 11.9 Å². The molecule has 0 saturated heterocycles. The van der Waals surface area contributed by atoms with Crippen molar-refractivity contribution in [2.24, 2.45) is 0 Å². The van der Waals surface area contributed by atoms with Gasteiger partial charge < -0.3 is 18.8 Å². The van der Waals surface area contributed by atoms with Gasteiger partial charge in [-0.2, -0.15) is 0 Å². The molecule has 1 aromatic carbocycles. The predicted octanol–water partition coefficient (Wildman–Crippen LogP) is 2.76. The molecule has 0 N–H and O–H groups in total. The summed E-state index contributed by atoms with van der Waals surface area (Å²) in [6, 6.07) is 7.88. The number of hydrogen-bond donors (Lipinski definition) is 0. The first kappa shape index (κ1) is 17.2. The van der Waals surface area contributed by atoms with E-state index in [0.29, 0.717) is 6.42 Å². The molecule has 3 rings (SSSR count). The van der Waals surface area contributed by atoms with E-state index in [4.69, 9.17) is 14.2 Å². The summed E-state index contributed by atoms with van der Waals surface area (Å²) in [4.78, 5) is 22.7. The van der Waals surface area contributed by atoms with Crippen LogP contribution >= 0.6 is 0 Å². The normalized spacial score (nSPS) is 19.8. The van der Waals surface area contributed by atoms with Gasteiger partial charge in [0.2, 0.25) is 0 Å². The molecule has 6 nitrogen and oxygen atoms in total. The molecule has 1 aliphatic rings. The highest BCUT2D eigenvalue weighted by Gasteiger charge is 2.23. The third-order valence-electron chi connectivity index (χ3n) is 4.17. The van der Waals surface area contributed by atoms with E-state index < -0.39 is 0 Å². The third kappa shape index (κ3) is 3.91. The van der Waals surface area contributed by atoms with Crippen molar-refractivity contribution in [1.29, 1.82) is 0 Å². The zero-order valence-electron chi connectivity index (χ0n) is 14.3. The maximum atomic E-state index is 11.7. The third-order valence-corrected chi connectivity index (χ3v) is 4.17. The molecule has 0 bridgehead atoms. The van der Waals surface area contributed by atoms with E-state index in [1.165, 1.54) is 14.0 Å². The van der Waals surface area contributed by atoms with Crippen LogP contribution in [0.15, 0.2) is 42.6 Å². The Kier molecular flexibility index (Phi) is 5.19. The van der Waals surface area contributed by atoms with Crippen molar-refractivity contribution in [3.05, 3.63) is 48.2 Å². The molecule has 1 aliphatic heterocycles. The number of ether oxygens (including phenoxy) is 3. The topological polar surface area (TPSA) is 66.8 Å². The Labute approximate surface area is 146 Å². The largest absolute Gasteiger partial charge is 0.469 e. The lowest BCUT2D eigenvalue weighted by Crippen LogP contribution is -2.27. The van der Waals surface area contributed by atoms with Crippen LogP contribution in [0.25, 0.3) is 10.9 Å². The van der Waals surface area contributed by atoms with E-state index in [1.807, 2.05) is 47.2 Å². The van der Waals surface area contributed by atoms with Gasteiger partial charge in [0.25, 0.3) is 0 Å². The van der Waals surface area contributed by atoms with Crippen molar-refractivity contribution >= 4 is 22.8 Å². The van der Waals surface area contributed by atoms with Gasteiger partial charge in [0, 0.05) is 24.9 Å². The van der Waals surface area contributed by atoms with Crippen LogP contribution in [0.2, 0.25) is 0 Å². The van der Waals surface area contributed by atoms with Crippen molar-refractivity contribution < 1.29 is 23.8 Å². The fourth-order valence-corrected chi connectivity index (χ4v) is 3.01. The minimum Gasteiger partial charge on any atom is -0.469 e. The summed E-state index contributed by atoms with van der Waals surface area (Å²) in [5, 5.41) is 1.00. The molecule has 0 fully saturated rings. The summed E-state index contributed by atoms with van der Waals surface area (Å²) in [6.45, 7) is 1.57. The maximum Gasteiger partial charge on any atom is 0.310 e. The Balaban J connectivity index is 1.86. The monoisotopic (exact) mass is 343 g/mol. The van der Waals surface area contributed by atoms with Crippen molar-refractivity contribution in [3.63, 3.8) is 0 Å². The predicted molar refractivity (Wildman–Crippen MR) is 92.0 cm³/mol. The maximum absolute atomic E-state index is 11.7. The molecule has 1 aromatic heterocycles. The van der Waals surface area contributed by atoms with Crippen LogP contribution in [0.5, 0.6) is 0 Å². The molecular formula is C19H21NO5. The van der Waals surface area contributed by atoms with Crippen LogP contribution in [0.3, 0.4) is 0 Å². The summed E-state index contributed by atoms with van der Waals surface area (Å²) in [6.07, 6.45) is 6.28. The van der Waals surface area contributed by atoms with Crippen LogP contribution in [0.4, 0.5) is 0 Å². The number of fused-ring (bicyclic) bond motifs is 1. The Morgan fingerprint density at radius 1 is 1.32 bits per heavy atom. The average molecular weight is 343 g/mol. The molecule has 6 heteroatoms. The molecule has 2 heterocycles. The lowest BCUT2D eigenvalue weighted by molar-refractivity contribution is -0.147. The zero-order valence-corrected chi connectivity index (χ0v) is 14.3. The highest BCUT2D eigenvalue weighted by atomic mass is 16.6. The summed E-state index contributed by atoms with van der Waals surface area (Å²) in [5.41, 5.74) is 1.89. The second kappa shape index (κ2) is 7.53. The molecule has 0 amide bonds. The molecule has 0 unspecified atom stereocenters. The Bertz CT molecular complexity index is 807. The lowest BCUT2D eigenvalue weighted by Gasteiger charge is -2.27. The highest BCUT2D eigenvalue weighted by Crippen LogP contribution is 2.30. The van der Waals surface area contributed by atoms with Crippen molar-refractivity contribution in [3.8, 4) is 0 Å². The van der Waals surface area contributed by atoms with Gasteiger partial charge in [0.1, 0.15) is 18.9 Å². The molecule has 0 aliphatic carbocycles. The molecule has 2 atom stereocenters. The Hall–Kier alpha value is -2.60. The first-order valence-electron chi connectivity index (χ1n) is 8.19. The second-order valence-electron chi connectivity index (χ2n) is 5.93. The Morgan fingerprint density at radius 3 is 2.88 bits per heavy atom. The molecule has 2 aromatic rings. The van der Waals surface area contributed by atoms with Gasteiger partial charge in [0.15, 0.2) is 0 Å². The van der Waals surface area contributed by atoms with Gasteiger partial charge in [-0.1, -0.05) is 30.4 Å². The SMILES string of the molecule is COC(=O)Cc1cn([C@H]2CC=C[C@H](COC(C)=O)O2)c2ccccc12. The minimum atomic E-state index is -0.328. The zero-order chi connectivity index (χ0) is 17.8. The van der Waals surface area contributed by atoms with Crippen molar-refractivity contribution in [1.82, 2.24) is 4.57 Å². The first-order chi connectivity index (χ1) is 12.1. The van der Waals surface area contributed by atoms with Crippen molar-refractivity contribution in [2.45, 2.75) is 32.1 Å². The van der Waals surface area contributed by atoms with E-state index in [1.54, 1.807) is 0 Å². The smallest absolute Gasteiger partial charge is 0.310 e. The minimum absolute atomic E-state index is 0.191. The van der Waals surface area contributed by atoms with Gasteiger partial charge in [-0.25, -0.2) is 0 Å². The van der Waals surface area contributed by atoms with E-state index in [0.717, 1.165) is 16.5 Å². The molecule has 132 valence electrons. The average Bonchev–Trinajstić information content (AvgIpc) is 2.99. The number of methoxy groups -OCH3 is 1. The summed E-state index contributed by atoms with van der Waals surface area (Å²) in [7, 11) is 1.39. The second-order valence-corrected chi connectivity index (χ2v) is 5.93. The van der Waals surface area contributed by atoms with Crippen LogP contribution in [-0.2, 0) is 30.2 Å². The van der Waals surface area contributed by atoms with E-state index >= 15 is 0 Å². The number of carbonyl (C=O) groups is 2. The van der Waals surface area contributed by atoms with Crippen molar-refractivity contribution in [2.75, 3.05) is 13.7 Å². The summed E-state index contributed by atoms with van der Waals surface area (Å²) >= 11 is 0. The number of esters is 2. The summed E-state index contributed by atoms with van der Waals surface area (Å²) < 4.78 is 17.9. The number of nitrogens with zero attached hydrogens (tertiary/aromatic N) is 1. The van der Waals surface area contributed by atoms with Gasteiger partial charge in [-0.15, -0.1) is 0 Å². The van der Waals surface area contributed by atoms with E-state index in [9.17, 15) is 9.59 Å². The number of aromatic nitrogens is 1. The number of benzene rings is 1. The number of rotatable bonds is 5. The molecular weight excluding hydrogens is 322 g/mol. The summed E-state index contributed by atoms with van der Waals surface area (Å²) in [5.74, 6) is -0.606. The van der Waals surface area contributed by atoms with Crippen LogP contribution < -0.4 is 0 Å². The number of para-hydroxylation sites is 1. The van der Waals surface area contributed by atoms with Gasteiger partial charge in [0.05, 0.1) is 19.0 Å². The fraction of sp³-hybridized carbons (Fsp3) is 0.368. The molecule has 0 spiro atoms. The van der Waals surface area contributed by atoms with Crippen LogP contribution in [0, 0.1) is 0 Å². The molecule has 25 heavy (non-hydrogen) atoms. The molecule has 0 radical (unpaired) electrons.